The zero-order valence-electron chi connectivity index (χ0n) is 20.8. The van der Waals surface area contributed by atoms with E-state index in [-0.39, 0.29) is 35.9 Å². The minimum atomic E-state index is -1.62. The maximum absolute atomic E-state index is 13.1. The average molecular weight is 468 g/mol. The summed E-state index contributed by atoms with van der Waals surface area (Å²) in [5.41, 5.74) is -5.48. The molecule has 8 nitrogen and oxygen atoms in total. The van der Waals surface area contributed by atoms with Gasteiger partial charge in [-0.25, -0.2) is 0 Å². The van der Waals surface area contributed by atoms with Crippen LogP contribution in [0.15, 0.2) is 0 Å². The Hall–Kier alpha value is -0.320. The number of methoxy groups -OCH3 is 4. The number of piperidine rings is 1. The van der Waals surface area contributed by atoms with Crippen molar-refractivity contribution in [3.8, 4) is 0 Å². The molecule has 0 aromatic rings. The van der Waals surface area contributed by atoms with Crippen LogP contribution in [0.1, 0.15) is 39.5 Å². The van der Waals surface area contributed by atoms with Crippen molar-refractivity contribution in [1.82, 2.24) is 4.90 Å². The Balaban J connectivity index is 1.72. The maximum Gasteiger partial charge on any atom is 0.136 e. The van der Waals surface area contributed by atoms with Gasteiger partial charge in [0.2, 0.25) is 0 Å². The monoisotopic (exact) mass is 467 g/mol. The third-order valence-corrected chi connectivity index (χ3v) is 11.6. The molecule has 7 bridgehead atoms. The zero-order chi connectivity index (χ0) is 23.8. The molecule has 6 fully saturated rings. The van der Waals surface area contributed by atoms with Crippen LogP contribution in [-0.2, 0) is 18.9 Å². The predicted molar refractivity (Wildman–Crippen MR) is 119 cm³/mol. The van der Waals surface area contributed by atoms with Gasteiger partial charge in [0.1, 0.15) is 11.2 Å². The van der Waals surface area contributed by atoms with Crippen LogP contribution < -0.4 is 0 Å². The van der Waals surface area contributed by atoms with Crippen LogP contribution in [-0.4, -0.2) is 109 Å². The van der Waals surface area contributed by atoms with Crippen LogP contribution in [0.5, 0.6) is 0 Å². The van der Waals surface area contributed by atoms with Crippen molar-refractivity contribution in [2.75, 3.05) is 41.5 Å². The molecule has 6 rings (SSSR count). The lowest BCUT2D eigenvalue weighted by Gasteiger charge is -2.72. The summed E-state index contributed by atoms with van der Waals surface area (Å²) in [6.07, 6.45) is 0.823. The Kier molecular flexibility index (Phi) is 4.69. The molecule has 0 radical (unpaired) electrons. The van der Waals surface area contributed by atoms with Gasteiger partial charge in [-0.1, -0.05) is 13.8 Å². The molecule has 3 N–H and O–H groups in total. The van der Waals surface area contributed by atoms with Gasteiger partial charge in [0.05, 0.1) is 41.5 Å². The largest absolute Gasteiger partial charge is 0.389 e. The lowest BCUT2D eigenvalue weighted by Crippen LogP contribution is -2.86. The Bertz CT molecular complexity index is 844. The highest BCUT2D eigenvalue weighted by atomic mass is 16.5. The average Bonchev–Trinajstić information content (AvgIpc) is 3.17. The summed E-state index contributed by atoms with van der Waals surface area (Å²) in [6.45, 7) is 5.90. The van der Waals surface area contributed by atoms with E-state index < -0.39 is 46.4 Å². The molecule has 33 heavy (non-hydrogen) atoms. The topological polar surface area (TPSA) is 101 Å². The third-order valence-electron chi connectivity index (χ3n) is 11.6. The number of rotatable bonds is 5. The molecule has 188 valence electrons. The number of aliphatic hydroxyl groups is 3. The summed E-state index contributed by atoms with van der Waals surface area (Å²) >= 11 is 0. The predicted octanol–water partition coefficient (Wildman–Crippen LogP) is 0.414. The lowest BCUT2D eigenvalue weighted by atomic mass is 9.41. The van der Waals surface area contributed by atoms with Crippen molar-refractivity contribution < 1.29 is 34.3 Å². The molecule has 13 atom stereocenters. The number of hydrogen-bond donors (Lipinski definition) is 3. The van der Waals surface area contributed by atoms with E-state index in [2.05, 4.69) is 18.7 Å². The maximum atomic E-state index is 13.1. The van der Waals surface area contributed by atoms with Crippen molar-refractivity contribution in [2.24, 2.45) is 28.6 Å². The molecule has 6 aliphatic rings. The van der Waals surface area contributed by atoms with Crippen LogP contribution >= 0.6 is 0 Å². The van der Waals surface area contributed by atoms with Crippen molar-refractivity contribution in [1.29, 1.82) is 0 Å². The summed E-state index contributed by atoms with van der Waals surface area (Å²) in [4.78, 5) is 2.31. The molecule has 13 unspecified atom stereocenters. The van der Waals surface area contributed by atoms with E-state index in [0.29, 0.717) is 13.0 Å². The van der Waals surface area contributed by atoms with E-state index in [4.69, 9.17) is 18.9 Å². The highest BCUT2D eigenvalue weighted by molar-refractivity contribution is 5.45. The van der Waals surface area contributed by atoms with E-state index in [0.717, 1.165) is 19.4 Å². The number of hydrogen-bond acceptors (Lipinski definition) is 8. The smallest absolute Gasteiger partial charge is 0.136 e. The summed E-state index contributed by atoms with van der Waals surface area (Å²) in [5, 5.41) is 38.7. The SMILES string of the molecule is CCN1CC2(C)CCC(OC)C34C2C(OC)C(O)(C13)C1(O)CC(OC)C2CC4(O)C1C2OC. The first-order chi connectivity index (χ1) is 15.6. The first kappa shape index (κ1) is 23.1. The first-order valence-corrected chi connectivity index (χ1v) is 12.6. The minimum Gasteiger partial charge on any atom is -0.389 e. The molecule has 8 heteroatoms. The van der Waals surface area contributed by atoms with Crippen LogP contribution in [0.25, 0.3) is 0 Å². The highest BCUT2D eigenvalue weighted by Crippen LogP contribution is 2.81. The van der Waals surface area contributed by atoms with Gasteiger partial charge in [0.15, 0.2) is 0 Å². The van der Waals surface area contributed by atoms with Gasteiger partial charge in [-0.3, -0.25) is 4.90 Å². The molecule has 1 saturated heterocycles. The second-order valence-electron chi connectivity index (χ2n) is 12.1. The molecule has 1 heterocycles. The third kappa shape index (κ3) is 2.05. The molecule has 1 aliphatic heterocycles. The summed E-state index contributed by atoms with van der Waals surface area (Å²) in [5.74, 6) is -0.856. The van der Waals surface area contributed by atoms with Crippen molar-refractivity contribution in [2.45, 2.75) is 86.8 Å². The Morgan fingerprint density at radius 2 is 1.64 bits per heavy atom. The van der Waals surface area contributed by atoms with Crippen LogP contribution in [0.4, 0.5) is 0 Å². The number of likely N-dealkylation sites (tertiary alicyclic amines) is 1. The van der Waals surface area contributed by atoms with Crippen LogP contribution in [0.3, 0.4) is 0 Å². The highest BCUT2D eigenvalue weighted by Gasteiger charge is 2.95. The number of nitrogens with zero attached hydrogens (tertiary/aromatic N) is 1. The molecule has 0 amide bonds. The van der Waals surface area contributed by atoms with Gasteiger partial charge in [0, 0.05) is 59.2 Å². The number of fused-ring (bicyclic) bond motifs is 2. The molecule has 5 aliphatic carbocycles. The normalized spacial score (nSPS) is 63.2. The lowest BCUT2D eigenvalue weighted by molar-refractivity contribution is -0.356. The molecule has 5 saturated carbocycles. The zero-order valence-corrected chi connectivity index (χ0v) is 20.8. The van der Waals surface area contributed by atoms with E-state index >= 15 is 0 Å². The molecule has 1 spiro atoms. The first-order valence-electron chi connectivity index (χ1n) is 12.6. The number of likely N-dealkylation sites (N-methyl/N-ethyl adjacent to an activating group) is 1. The molecular weight excluding hydrogens is 426 g/mol. The summed E-state index contributed by atoms with van der Waals surface area (Å²) in [6, 6.07) is -0.485. The van der Waals surface area contributed by atoms with E-state index in [9.17, 15) is 15.3 Å². The van der Waals surface area contributed by atoms with Crippen molar-refractivity contribution in [3.63, 3.8) is 0 Å². The fraction of sp³-hybridized carbons (Fsp3) is 1.00. The van der Waals surface area contributed by atoms with Gasteiger partial charge in [-0.2, -0.15) is 0 Å². The minimum absolute atomic E-state index is 0.0601. The van der Waals surface area contributed by atoms with E-state index in [1.165, 1.54) is 0 Å². The second kappa shape index (κ2) is 6.71. The van der Waals surface area contributed by atoms with E-state index in [1.807, 2.05) is 0 Å². The molecular formula is C25H41NO7. The fourth-order valence-electron chi connectivity index (χ4n) is 11.0. The van der Waals surface area contributed by atoms with E-state index in [1.54, 1.807) is 28.4 Å². The van der Waals surface area contributed by atoms with Crippen LogP contribution in [0, 0.1) is 28.6 Å². The Morgan fingerprint density at radius 1 is 0.909 bits per heavy atom. The van der Waals surface area contributed by atoms with Gasteiger partial charge < -0.3 is 34.3 Å². The van der Waals surface area contributed by atoms with Gasteiger partial charge >= 0.3 is 0 Å². The van der Waals surface area contributed by atoms with Crippen molar-refractivity contribution >= 4 is 0 Å². The van der Waals surface area contributed by atoms with Crippen molar-refractivity contribution in [3.05, 3.63) is 0 Å². The van der Waals surface area contributed by atoms with Gasteiger partial charge in [-0.15, -0.1) is 0 Å². The Labute approximate surface area is 196 Å². The number of ether oxygens (including phenoxy) is 4. The molecule has 0 aromatic carbocycles. The standard InChI is InChI=1S/C25H41NO7/c1-7-26-12-21(2)9-8-15(31-4)24-18(21)19(33-6)25(29,20(24)26)23(28)11-14(30-3)13-10-22(24,27)17(23)16(13)32-5/h13-20,27-29H,7-12H2,1-6H3. The summed E-state index contributed by atoms with van der Waals surface area (Å²) < 4.78 is 24.3. The Morgan fingerprint density at radius 3 is 2.21 bits per heavy atom. The molecule has 0 aromatic heterocycles. The quantitative estimate of drug-likeness (QED) is 0.535. The van der Waals surface area contributed by atoms with Gasteiger partial charge in [-0.05, 0) is 31.2 Å². The fourth-order valence-corrected chi connectivity index (χ4v) is 11.0. The van der Waals surface area contributed by atoms with Gasteiger partial charge in [0.25, 0.3) is 0 Å². The summed E-state index contributed by atoms with van der Waals surface area (Å²) in [7, 11) is 6.66. The second-order valence-corrected chi connectivity index (χ2v) is 12.1. The van der Waals surface area contributed by atoms with Crippen LogP contribution in [0.2, 0.25) is 0 Å².